The second-order valence-corrected chi connectivity index (χ2v) is 12.1. The van der Waals surface area contributed by atoms with E-state index in [1.165, 1.54) is 0 Å². The van der Waals surface area contributed by atoms with Crippen molar-refractivity contribution in [3.63, 3.8) is 0 Å². The summed E-state index contributed by atoms with van der Waals surface area (Å²) in [5.41, 5.74) is 0. The van der Waals surface area contributed by atoms with Crippen molar-refractivity contribution in [1.29, 1.82) is 0 Å². The zero-order valence-electron chi connectivity index (χ0n) is 32.1. The number of carbonyl (C=O) groups is 3. The van der Waals surface area contributed by atoms with Gasteiger partial charge in [-0.2, -0.15) is 0 Å². The van der Waals surface area contributed by atoms with Crippen molar-refractivity contribution in [2.24, 2.45) is 0 Å². The van der Waals surface area contributed by atoms with Crippen LogP contribution in [0.15, 0.2) is 109 Å². The molecule has 0 aliphatic rings. The largest absolute Gasteiger partial charge is 0.462 e. The maximum Gasteiger partial charge on any atom is 0.310 e. The lowest BCUT2D eigenvalue weighted by Gasteiger charge is -2.18. The van der Waals surface area contributed by atoms with Crippen molar-refractivity contribution < 1.29 is 28.6 Å². The molecule has 6 nitrogen and oxygen atoms in total. The van der Waals surface area contributed by atoms with Crippen LogP contribution >= 0.6 is 0 Å². The van der Waals surface area contributed by atoms with Crippen LogP contribution in [0.2, 0.25) is 0 Å². The van der Waals surface area contributed by atoms with E-state index < -0.39 is 12.1 Å². The number of esters is 3. The van der Waals surface area contributed by atoms with Gasteiger partial charge in [0.05, 0.1) is 6.42 Å². The molecule has 0 spiro atoms. The smallest absolute Gasteiger partial charge is 0.310 e. The van der Waals surface area contributed by atoms with E-state index in [4.69, 9.17) is 14.2 Å². The molecule has 0 fully saturated rings. The van der Waals surface area contributed by atoms with Gasteiger partial charge in [-0.1, -0.05) is 149 Å². The Labute approximate surface area is 310 Å². The molecule has 0 rings (SSSR count). The molecule has 0 saturated heterocycles. The van der Waals surface area contributed by atoms with Crippen molar-refractivity contribution in [1.82, 2.24) is 0 Å². The second-order valence-electron chi connectivity index (χ2n) is 12.1. The van der Waals surface area contributed by atoms with Crippen LogP contribution in [-0.4, -0.2) is 37.2 Å². The van der Waals surface area contributed by atoms with E-state index in [9.17, 15) is 14.4 Å². The maximum absolute atomic E-state index is 12.5. The molecule has 0 heterocycles. The van der Waals surface area contributed by atoms with Gasteiger partial charge in [0.15, 0.2) is 6.10 Å². The van der Waals surface area contributed by atoms with E-state index in [1.54, 1.807) is 6.08 Å². The van der Waals surface area contributed by atoms with Gasteiger partial charge >= 0.3 is 17.9 Å². The van der Waals surface area contributed by atoms with Gasteiger partial charge in [0.1, 0.15) is 13.2 Å². The first kappa shape index (κ1) is 47.1. The topological polar surface area (TPSA) is 78.9 Å². The zero-order valence-corrected chi connectivity index (χ0v) is 32.1. The minimum Gasteiger partial charge on any atom is -0.462 e. The Morgan fingerprint density at radius 3 is 1.47 bits per heavy atom. The lowest BCUT2D eigenvalue weighted by molar-refractivity contribution is -0.166. The summed E-state index contributed by atoms with van der Waals surface area (Å²) in [6, 6.07) is 0. The fourth-order valence-corrected chi connectivity index (χ4v) is 4.55. The SMILES string of the molecule is CC\C=C/C=C\C=C/C=C\CCCCCCCC(=O)OCC(COC(=O)CCCC/C=C\C/C=C\CC)OC(=O)C/C=C\C/C=C\C/C=C\CC. The molecule has 0 bridgehead atoms. The van der Waals surface area contributed by atoms with Crippen molar-refractivity contribution in [3.05, 3.63) is 109 Å². The molecule has 0 amide bonds. The van der Waals surface area contributed by atoms with Crippen LogP contribution in [0.25, 0.3) is 0 Å². The normalized spacial score (nSPS) is 13.2. The molecule has 0 aromatic rings. The third kappa shape index (κ3) is 37.2. The number of hydrogen-bond donors (Lipinski definition) is 0. The van der Waals surface area contributed by atoms with Gasteiger partial charge in [-0.15, -0.1) is 0 Å². The predicted molar refractivity (Wildman–Crippen MR) is 214 cm³/mol. The average molecular weight is 705 g/mol. The van der Waals surface area contributed by atoms with Gasteiger partial charge in [0.25, 0.3) is 0 Å². The van der Waals surface area contributed by atoms with E-state index in [0.717, 1.165) is 89.9 Å². The summed E-state index contributed by atoms with van der Waals surface area (Å²) in [4.78, 5) is 37.3. The summed E-state index contributed by atoms with van der Waals surface area (Å²) in [5, 5.41) is 0. The maximum atomic E-state index is 12.5. The van der Waals surface area contributed by atoms with Gasteiger partial charge in [-0.25, -0.2) is 0 Å². The van der Waals surface area contributed by atoms with Gasteiger partial charge in [0, 0.05) is 12.8 Å². The molecule has 1 unspecified atom stereocenters. The highest BCUT2D eigenvalue weighted by Gasteiger charge is 2.19. The summed E-state index contributed by atoms with van der Waals surface area (Å²) in [6.07, 6.45) is 51.2. The standard InChI is InChI=1S/C45H68O6/c1-4-7-10-13-16-19-20-21-22-23-24-27-29-32-35-38-44(47)50-41-42(51-45(48)39-36-33-30-26-18-15-12-9-6-3)40-49-43(46)37-34-31-28-25-17-14-11-8-5-2/h7-13,16-22,25-26,33,36,42H,4-6,14-15,23-24,27-32,34-35,37-41H2,1-3H3/b10-7-,11-8-,12-9-,16-13-,20-19-,22-21-,25-17-,26-18-,36-33-. The Hall–Kier alpha value is -3.93. The van der Waals surface area contributed by atoms with Gasteiger partial charge in [0.2, 0.25) is 0 Å². The molecule has 51 heavy (non-hydrogen) atoms. The first-order chi connectivity index (χ1) is 25.0. The molecular weight excluding hydrogens is 636 g/mol. The lowest BCUT2D eigenvalue weighted by Crippen LogP contribution is -2.30. The summed E-state index contributed by atoms with van der Waals surface area (Å²) >= 11 is 0. The number of rotatable bonds is 32. The Morgan fingerprint density at radius 2 is 0.863 bits per heavy atom. The Morgan fingerprint density at radius 1 is 0.431 bits per heavy atom. The molecule has 6 heteroatoms. The van der Waals surface area contributed by atoms with E-state index in [0.29, 0.717) is 12.8 Å². The van der Waals surface area contributed by atoms with Gasteiger partial charge in [-0.05, 0) is 77.0 Å². The highest BCUT2D eigenvalue weighted by molar-refractivity contribution is 5.72. The minimum absolute atomic E-state index is 0.0878. The zero-order chi connectivity index (χ0) is 37.3. The molecule has 0 aromatic heterocycles. The lowest BCUT2D eigenvalue weighted by atomic mass is 10.1. The fourth-order valence-electron chi connectivity index (χ4n) is 4.55. The van der Waals surface area contributed by atoms with Gasteiger partial charge < -0.3 is 14.2 Å². The average Bonchev–Trinajstić information content (AvgIpc) is 3.12. The first-order valence-electron chi connectivity index (χ1n) is 19.4. The van der Waals surface area contributed by atoms with Crippen LogP contribution in [0.5, 0.6) is 0 Å². The van der Waals surface area contributed by atoms with Crippen LogP contribution in [0.4, 0.5) is 0 Å². The first-order valence-corrected chi connectivity index (χ1v) is 19.4. The molecule has 0 radical (unpaired) electrons. The summed E-state index contributed by atoms with van der Waals surface area (Å²) < 4.78 is 16.4. The quantitative estimate of drug-likeness (QED) is 0.0228. The van der Waals surface area contributed by atoms with Crippen LogP contribution in [0, 0.1) is 0 Å². The predicted octanol–water partition coefficient (Wildman–Crippen LogP) is 12.1. The van der Waals surface area contributed by atoms with E-state index in [1.807, 2.05) is 36.5 Å². The second kappa shape index (κ2) is 38.9. The highest BCUT2D eigenvalue weighted by Crippen LogP contribution is 2.10. The Kier molecular flexibility index (Phi) is 35.9. The summed E-state index contributed by atoms with van der Waals surface area (Å²) in [7, 11) is 0. The van der Waals surface area contributed by atoms with Crippen LogP contribution in [-0.2, 0) is 28.6 Å². The Balaban J connectivity index is 4.54. The summed E-state index contributed by atoms with van der Waals surface area (Å²) in [6.45, 7) is 6.05. The number of unbranched alkanes of at least 4 members (excludes halogenated alkanes) is 7. The molecule has 1 atom stereocenters. The highest BCUT2D eigenvalue weighted by atomic mass is 16.6. The van der Waals surface area contributed by atoms with Gasteiger partial charge in [-0.3, -0.25) is 14.4 Å². The van der Waals surface area contributed by atoms with Crippen LogP contribution < -0.4 is 0 Å². The van der Waals surface area contributed by atoms with Crippen LogP contribution in [0.3, 0.4) is 0 Å². The van der Waals surface area contributed by atoms with E-state index in [-0.39, 0.29) is 38.0 Å². The van der Waals surface area contributed by atoms with Crippen molar-refractivity contribution in [3.8, 4) is 0 Å². The molecule has 0 N–H and O–H groups in total. The molecule has 284 valence electrons. The fraction of sp³-hybridized carbons (Fsp3) is 0.533. The molecule has 0 aromatic carbocycles. The minimum atomic E-state index is -0.847. The Bertz CT molecular complexity index is 1130. The van der Waals surface area contributed by atoms with Crippen molar-refractivity contribution in [2.75, 3.05) is 13.2 Å². The third-order valence-electron chi connectivity index (χ3n) is 7.38. The molecule has 0 saturated carbocycles. The van der Waals surface area contributed by atoms with Crippen LogP contribution in [0.1, 0.15) is 136 Å². The molecule has 0 aliphatic carbocycles. The van der Waals surface area contributed by atoms with E-state index in [2.05, 4.69) is 87.6 Å². The molecular formula is C45H68O6. The van der Waals surface area contributed by atoms with E-state index >= 15 is 0 Å². The number of allylic oxidation sites excluding steroid dienone is 17. The molecule has 0 aliphatic heterocycles. The van der Waals surface area contributed by atoms with Crippen molar-refractivity contribution in [2.45, 2.75) is 142 Å². The number of ether oxygens (including phenoxy) is 3. The third-order valence-corrected chi connectivity index (χ3v) is 7.38. The monoisotopic (exact) mass is 705 g/mol. The number of hydrogen-bond acceptors (Lipinski definition) is 6. The van der Waals surface area contributed by atoms with Crippen molar-refractivity contribution >= 4 is 17.9 Å². The number of carbonyl (C=O) groups excluding carboxylic acids is 3. The summed E-state index contributed by atoms with van der Waals surface area (Å²) in [5.74, 6) is -1.14.